The molecular weight excluding hydrogens is 268 g/mol. The lowest BCUT2D eigenvalue weighted by molar-refractivity contribution is 0.0265. The van der Waals surface area contributed by atoms with E-state index < -0.39 is 10.0 Å². The molecule has 7 nitrogen and oxygen atoms in total. The molecule has 1 aromatic rings. The lowest BCUT2D eigenvalue weighted by Crippen LogP contribution is -2.43. The highest BCUT2D eigenvalue weighted by Crippen LogP contribution is 2.24. The van der Waals surface area contributed by atoms with E-state index in [9.17, 15) is 8.42 Å². The summed E-state index contributed by atoms with van der Waals surface area (Å²) in [5.41, 5.74) is 5.66. The van der Waals surface area contributed by atoms with Crippen LogP contribution in [0.3, 0.4) is 0 Å². The van der Waals surface area contributed by atoms with Gasteiger partial charge in [-0.15, -0.1) is 0 Å². The summed E-state index contributed by atoms with van der Waals surface area (Å²) >= 11 is 0. The van der Waals surface area contributed by atoms with E-state index in [1.807, 2.05) is 6.92 Å². The molecule has 2 heterocycles. The number of anilines is 1. The minimum absolute atomic E-state index is 0.0357. The average Bonchev–Trinajstić information content (AvgIpc) is 2.70. The van der Waals surface area contributed by atoms with Gasteiger partial charge in [0, 0.05) is 32.9 Å². The highest BCUT2D eigenvalue weighted by atomic mass is 32.2. The van der Waals surface area contributed by atoms with Crippen molar-refractivity contribution in [2.75, 3.05) is 25.4 Å². The molecule has 108 valence electrons. The largest absolute Gasteiger partial charge is 0.381 e. The first-order valence-electron chi connectivity index (χ1n) is 6.36. The summed E-state index contributed by atoms with van der Waals surface area (Å²) in [7, 11) is -1.93. The Bertz CT molecular complexity index is 538. The molecule has 1 fully saturated rings. The van der Waals surface area contributed by atoms with Crippen molar-refractivity contribution in [2.24, 2.45) is 7.05 Å². The molecule has 1 atom stereocenters. The van der Waals surface area contributed by atoms with E-state index in [1.165, 1.54) is 15.2 Å². The number of nitrogens with two attached hydrogens (primary N) is 1. The number of nitrogen functional groups attached to an aromatic ring is 1. The minimum Gasteiger partial charge on any atom is -0.381 e. The van der Waals surface area contributed by atoms with Crippen molar-refractivity contribution >= 4 is 15.8 Å². The summed E-state index contributed by atoms with van der Waals surface area (Å²) in [6.45, 7) is 3.38. The van der Waals surface area contributed by atoms with Crippen molar-refractivity contribution in [1.82, 2.24) is 14.1 Å². The SMILES string of the molecule is CCOC1CCCN(S(=O)(=O)c2cn(C)nc2N)C1. The van der Waals surface area contributed by atoms with Gasteiger partial charge < -0.3 is 10.5 Å². The fraction of sp³-hybridized carbons (Fsp3) is 0.727. The quantitative estimate of drug-likeness (QED) is 0.854. The molecule has 1 saturated heterocycles. The van der Waals surface area contributed by atoms with E-state index in [4.69, 9.17) is 10.5 Å². The van der Waals surface area contributed by atoms with Crippen LogP contribution in [0, 0.1) is 0 Å². The maximum Gasteiger partial charge on any atom is 0.248 e. The summed E-state index contributed by atoms with van der Waals surface area (Å²) in [4.78, 5) is 0.0761. The average molecular weight is 288 g/mol. The second-order valence-corrected chi connectivity index (χ2v) is 6.54. The normalized spacial score (nSPS) is 21.7. The number of ether oxygens (including phenoxy) is 1. The number of aromatic nitrogens is 2. The van der Waals surface area contributed by atoms with Crippen molar-refractivity contribution in [1.29, 1.82) is 0 Å². The molecule has 0 radical (unpaired) electrons. The molecule has 0 aliphatic carbocycles. The lowest BCUT2D eigenvalue weighted by atomic mass is 10.1. The number of sulfonamides is 1. The number of hydrogen-bond donors (Lipinski definition) is 1. The van der Waals surface area contributed by atoms with Crippen LogP contribution in [0.4, 0.5) is 5.82 Å². The van der Waals surface area contributed by atoms with E-state index in [0.717, 1.165) is 12.8 Å². The van der Waals surface area contributed by atoms with Gasteiger partial charge in [-0.1, -0.05) is 0 Å². The van der Waals surface area contributed by atoms with Crippen LogP contribution in [0.1, 0.15) is 19.8 Å². The van der Waals surface area contributed by atoms with Crippen molar-refractivity contribution < 1.29 is 13.2 Å². The van der Waals surface area contributed by atoms with E-state index in [2.05, 4.69) is 5.10 Å². The monoisotopic (exact) mass is 288 g/mol. The van der Waals surface area contributed by atoms with Gasteiger partial charge in [0.15, 0.2) is 5.82 Å². The Hall–Kier alpha value is -1.12. The van der Waals surface area contributed by atoms with Crippen molar-refractivity contribution in [3.63, 3.8) is 0 Å². The third kappa shape index (κ3) is 2.90. The van der Waals surface area contributed by atoms with Crippen LogP contribution in [-0.2, 0) is 21.8 Å². The van der Waals surface area contributed by atoms with Crippen LogP contribution >= 0.6 is 0 Å². The van der Waals surface area contributed by atoms with Crippen molar-refractivity contribution in [3.05, 3.63) is 6.20 Å². The highest BCUT2D eigenvalue weighted by Gasteiger charge is 2.32. The van der Waals surface area contributed by atoms with Gasteiger partial charge in [-0.3, -0.25) is 4.68 Å². The third-order valence-electron chi connectivity index (χ3n) is 3.18. The maximum atomic E-state index is 12.5. The predicted octanol–water partition coefficient (Wildman–Crippen LogP) is 0.192. The Kier molecular flexibility index (Phi) is 4.12. The van der Waals surface area contributed by atoms with E-state index >= 15 is 0 Å². The van der Waals surface area contributed by atoms with E-state index in [1.54, 1.807) is 7.05 Å². The zero-order chi connectivity index (χ0) is 14.0. The van der Waals surface area contributed by atoms with Gasteiger partial charge in [-0.05, 0) is 19.8 Å². The Labute approximate surface area is 113 Å². The molecular formula is C11H20N4O3S. The molecule has 0 spiro atoms. The van der Waals surface area contributed by atoms with Crippen molar-refractivity contribution in [3.8, 4) is 0 Å². The molecule has 0 amide bonds. The Morgan fingerprint density at radius 2 is 2.32 bits per heavy atom. The fourth-order valence-corrected chi connectivity index (χ4v) is 3.92. The minimum atomic E-state index is -3.58. The smallest absolute Gasteiger partial charge is 0.248 e. The molecule has 2 N–H and O–H groups in total. The summed E-state index contributed by atoms with van der Waals surface area (Å²) in [5.74, 6) is 0.0426. The molecule has 1 aliphatic heterocycles. The van der Waals surface area contributed by atoms with Crippen LogP contribution in [0.25, 0.3) is 0 Å². The standard InChI is InChI=1S/C11H20N4O3S/c1-3-18-9-5-4-6-15(7-9)19(16,17)10-8-14(2)13-11(10)12/h8-9H,3-7H2,1-2H3,(H2,12,13). The Morgan fingerprint density at radius 1 is 1.58 bits per heavy atom. The fourth-order valence-electron chi connectivity index (χ4n) is 2.32. The molecule has 19 heavy (non-hydrogen) atoms. The number of aryl methyl sites for hydroxylation is 1. The zero-order valence-corrected chi connectivity index (χ0v) is 12.1. The molecule has 1 aliphatic rings. The van der Waals surface area contributed by atoms with E-state index in [0.29, 0.717) is 19.7 Å². The first-order chi connectivity index (χ1) is 8.95. The zero-order valence-electron chi connectivity index (χ0n) is 11.2. The van der Waals surface area contributed by atoms with Gasteiger partial charge in [0.1, 0.15) is 4.90 Å². The van der Waals surface area contributed by atoms with Crippen LogP contribution in [0.2, 0.25) is 0 Å². The van der Waals surface area contributed by atoms with Crippen LogP contribution in [0.15, 0.2) is 11.1 Å². The Balaban J connectivity index is 2.22. The van der Waals surface area contributed by atoms with Gasteiger partial charge in [0.05, 0.1) is 6.10 Å². The van der Waals surface area contributed by atoms with Gasteiger partial charge in [-0.2, -0.15) is 9.40 Å². The molecule has 1 aromatic heterocycles. The second-order valence-electron chi connectivity index (χ2n) is 4.63. The molecule has 0 saturated carbocycles. The van der Waals surface area contributed by atoms with Crippen LogP contribution in [-0.4, -0.2) is 48.3 Å². The van der Waals surface area contributed by atoms with Gasteiger partial charge in [-0.25, -0.2) is 8.42 Å². The van der Waals surface area contributed by atoms with Crippen molar-refractivity contribution in [2.45, 2.75) is 30.8 Å². The summed E-state index contributed by atoms with van der Waals surface area (Å²) < 4.78 is 33.4. The van der Waals surface area contributed by atoms with Crippen LogP contribution < -0.4 is 5.73 Å². The molecule has 0 bridgehead atoms. The Morgan fingerprint density at radius 3 is 2.89 bits per heavy atom. The van der Waals surface area contributed by atoms with Gasteiger partial charge in [0.25, 0.3) is 0 Å². The molecule has 0 aromatic carbocycles. The highest BCUT2D eigenvalue weighted by molar-refractivity contribution is 7.89. The first-order valence-corrected chi connectivity index (χ1v) is 7.80. The predicted molar refractivity (Wildman–Crippen MR) is 71.0 cm³/mol. The number of hydrogen-bond acceptors (Lipinski definition) is 5. The van der Waals surface area contributed by atoms with Gasteiger partial charge in [0.2, 0.25) is 10.0 Å². The lowest BCUT2D eigenvalue weighted by Gasteiger charge is -2.31. The molecule has 8 heteroatoms. The number of nitrogens with zero attached hydrogens (tertiary/aromatic N) is 3. The second kappa shape index (κ2) is 5.48. The summed E-state index contributed by atoms with van der Waals surface area (Å²) in [6.07, 6.45) is 3.09. The number of piperidine rings is 1. The number of rotatable bonds is 4. The molecule has 1 unspecified atom stereocenters. The maximum absolute atomic E-state index is 12.5. The van der Waals surface area contributed by atoms with Crippen LogP contribution in [0.5, 0.6) is 0 Å². The summed E-state index contributed by atoms with van der Waals surface area (Å²) in [5, 5.41) is 3.88. The van der Waals surface area contributed by atoms with Gasteiger partial charge >= 0.3 is 0 Å². The molecule has 2 rings (SSSR count). The van der Waals surface area contributed by atoms with E-state index in [-0.39, 0.29) is 16.8 Å². The summed E-state index contributed by atoms with van der Waals surface area (Å²) in [6, 6.07) is 0. The topological polar surface area (TPSA) is 90.5 Å². The third-order valence-corrected chi connectivity index (χ3v) is 5.06. The first kappa shape index (κ1) is 14.3.